The van der Waals surface area contributed by atoms with Gasteiger partial charge in [-0.1, -0.05) is 18.2 Å². The van der Waals surface area contributed by atoms with E-state index in [-0.39, 0.29) is 31.1 Å². The summed E-state index contributed by atoms with van der Waals surface area (Å²) >= 11 is 0. The third-order valence-electron chi connectivity index (χ3n) is 5.41. The minimum Gasteiger partial charge on any atom is -0.466 e. The van der Waals surface area contributed by atoms with Crippen molar-refractivity contribution >= 4 is 11.5 Å². The van der Waals surface area contributed by atoms with Crippen molar-refractivity contribution in [3.8, 4) is 0 Å². The van der Waals surface area contributed by atoms with Crippen molar-refractivity contribution in [1.29, 1.82) is 0 Å². The van der Waals surface area contributed by atoms with Gasteiger partial charge in [0.05, 0.1) is 24.2 Å². The number of nitrogens with zero attached hydrogens (tertiary/aromatic N) is 1. The van der Waals surface area contributed by atoms with Crippen LogP contribution in [0.15, 0.2) is 48.7 Å². The first-order valence-corrected chi connectivity index (χ1v) is 10.5. The van der Waals surface area contributed by atoms with Crippen LogP contribution in [0.1, 0.15) is 42.0 Å². The van der Waals surface area contributed by atoms with Crippen LogP contribution in [0.25, 0.3) is 5.57 Å². The summed E-state index contributed by atoms with van der Waals surface area (Å²) in [5.74, 6) is -2.13. The molecule has 2 aromatic carbocycles. The van der Waals surface area contributed by atoms with Gasteiger partial charge in [-0.05, 0) is 60.2 Å². The zero-order valence-corrected chi connectivity index (χ0v) is 18.1. The van der Waals surface area contributed by atoms with Crippen LogP contribution in [-0.4, -0.2) is 24.0 Å². The molecule has 0 spiro atoms. The number of carbonyl (C=O) groups excluding carboxylic acids is 1. The highest BCUT2D eigenvalue weighted by atomic mass is 19.4. The van der Waals surface area contributed by atoms with Crippen molar-refractivity contribution < 1.29 is 40.3 Å². The Morgan fingerprint density at radius 2 is 1.71 bits per heavy atom. The normalized spacial score (nSPS) is 16.9. The van der Waals surface area contributed by atoms with Gasteiger partial charge in [-0.3, -0.25) is 4.79 Å². The SMILES string of the molecule is CCOC(=O)CC1CC(c2ccc(C(F)(F)F)c(F)c2)=CN(Cc2ccc(C(F)(F)F)cc2)C1. The number of carbonyl (C=O) groups is 1. The van der Waals surface area contributed by atoms with Crippen LogP contribution < -0.4 is 0 Å². The molecule has 0 saturated carbocycles. The molecule has 0 radical (unpaired) electrons. The zero-order valence-electron chi connectivity index (χ0n) is 18.1. The number of esters is 1. The predicted octanol–water partition coefficient (Wildman–Crippen LogP) is 6.68. The molecule has 0 N–H and O–H groups in total. The van der Waals surface area contributed by atoms with Crippen LogP contribution >= 0.6 is 0 Å². The average Bonchev–Trinajstić information content (AvgIpc) is 2.72. The summed E-state index contributed by atoms with van der Waals surface area (Å²) in [6, 6.07) is 7.24. The summed E-state index contributed by atoms with van der Waals surface area (Å²) in [4.78, 5) is 13.8. The van der Waals surface area contributed by atoms with Gasteiger partial charge in [0.15, 0.2) is 0 Å². The van der Waals surface area contributed by atoms with E-state index < -0.39 is 35.3 Å². The molecule has 0 bridgehead atoms. The molecular weight excluding hydrogens is 467 g/mol. The highest BCUT2D eigenvalue weighted by Gasteiger charge is 2.34. The van der Waals surface area contributed by atoms with Crippen LogP contribution in [0.3, 0.4) is 0 Å². The van der Waals surface area contributed by atoms with Crippen LogP contribution in [0.5, 0.6) is 0 Å². The molecule has 34 heavy (non-hydrogen) atoms. The van der Waals surface area contributed by atoms with Gasteiger partial charge in [0.1, 0.15) is 5.82 Å². The molecule has 1 aliphatic rings. The van der Waals surface area contributed by atoms with Crippen molar-refractivity contribution in [1.82, 2.24) is 4.90 Å². The van der Waals surface area contributed by atoms with Gasteiger partial charge >= 0.3 is 18.3 Å². The Morgan fingerprint density at radius 1 is 1.03 bits per heavy atom. The lowest BCUT2D eigenvalue weighted by molar-refractivity contribution is -0.144. The summed E-state index contributed by atoms with van der Waals surface area (Å²) in [7, 11) is 0. The minimum absolute atomic E-state index is 0.0395. The second-order valence-corrected chi connectivity index (χ2v) is 8.05. The molecule has 3 nitrogen and oxygen atoms in total. The van der Waals surface area contributed by atoms with E-state index in [9.17, 15) is 35.5 Å². The van der Waals surface area contributed by atoms with Crippen LogP contribution in [0.4, 0.5) is 30.7 Å². The maximum absolute atomic E-state index is 14.2. The minimum atomic E-state index is -4.83. The summed E-state index contributed by atoms with van der Waals surface area (Å²) in [6.07, 6.45) is -7.31. The van der Waals surface area contributed by atoms with E-state index in [1.807, 2.05) is 0 Å². The number of allylic oxidation sites excluding steroid dienone is 1. The van der Waals surface area contributed by atoms with Crippen LogP contribution in [0, 0.1) is 11.7 Å². The summed E-state index contributed by atoms with van der Waals surface area (Å²) in [6.45, 7) is 2.41. The molecule has 184 valence electrons. The van der Waals surface area contributed by atoms with E-state index in [2.05, 4.69) is 0 Å². The van der Waals surface area contributed by atoms with E-state index >= 15 is 0 Å². The summed E-state index contributed by atoms with van der Waals surface area (Å²) in [5.41, 5.74) is -0.848. The van der Waals surface area contributed by atoms with E-state index in [1.165, 1.54) is 18.2 Å². The standard InChI is InChI=1S/C24H22F7NO2/c1-2-34-22(33)10-16-9-18(17-5-8-20(21(25)11-17)24(29,30)31)14-32(13-16)12-15-3-6-19(7-4-15)23(26,27)28/h3-8,11,14,16H,2,9-10,12-13H2,1H3. The van der Waals surface area contributed by atoms with Gasteiger partial charge < -0.3 is 9.64 Å². The fourth-order valence-electron chi connectivity index (χ4n) is 3.91. The molecule has 1 aliphatic heterocycles. The number of rotatable bonds is 6. The Labute approximate surface area is 191 Å². The van der Waals surface area contributed by atoms with Crippen molar-refractivity contribution in [3.05, 3.63) is 76.7 Å². The number of hydrogen-bond donors (Lipinski definition) is 0. The van der Waals surface area contributed by atoms with Crippen molar-refractivity contribution in [2.75, 3.05) is 13.2 Å². The molecule has 10 heteroatoms. The fourth-order valence-corrected chi connectivity index (χ4v) is 3.91. The Kier molecular flexibility index (Phi) is 7.57. The first-order chi connectivity index (χ1) is 15.9. The Morgan fingerprint density at radius 3 is 2.26 bits per heavy atom. The topological polar surface area (TPSA) is 29.5 Å². The van der Waals surface area contributed by atoms with Gasteiger partial charge in [0.25, 0.3) is 0 Å². The fraction of sp³-hybridized carbons (Fsp3) is 0.375. The largest absolute Gasteiger partial charge is 0.466 e. The lowest BCUT2D eigenvalue weighted by atomic mass is 9.88. The molecule has 1 unspecified atom stereocenters. The predicted molar refractivity (Wildman–Crippen MR) is 111 cm³/mol. The van der Waals surface area contributed by atoms with Crippen molar-refractivity contribution in [3.63, 3.8) is 0 Å². The Balaban J connectivity index is 1.87. The lowest BCUT2D eigenvalue weighted by Gasteiger charge is -2.33. The number of alkyl halides is 6. The number of halogens is 7. The average molecular weight is 489 g/mol. The molecule has 1 atom stereocenters. The molecule has 0 aromatic heterocycles. The van der Waals surface area contributed by atoms with E-state index in [1.54, 1.807) is 18.0 Å². The van der Waals surface area contributed by atoms with E-state index in [0.717, 1.165) is 18.2 Å². The third-order valence-corrected chi connectivity index (χ3v) is 5.41. The summed E-state index contributed by atoms with van der Waals surface area (Å²) < 4.78 is 96.4. The van der Waals surface area contributed by atoms with Crippen molar-refractivity contribution in [2.24, 2.45) is 5.92 Å². The maximum atomic E-state index is 14.2. The van der Waals surface area contributed by atoms with Crippen molar-refractivity contribution in [2.45, 2.75) is 38.7 Å². The molecule has 0 fully saturated rings. The maximum Gasteiger partial charge on any atom is 0.419 e. The van der Waals surface area contributed by atoms with Gasteiger partial charge in [0.2, 0.25) is 0 Å². The van der Waals surface area contributed by atoms with Crippen LogP contribution in [-0.2, 0) is 28.4 Å². The molecular formula is C24H22F7NO2. The third kappa shape index (κ3) is 6.51. The summed E-state index contributed by atoms with van der Waals surface area (Å²) in [5, 5.41) is 0. The van der Waals surface area contributed by atoms with Gasteiger partial charge in [-0.15, -0.1) is 0 Å². The lowest BCUT2D eigenvalue weighted by Crippen LogP contribution is -2.31. The number of benzene rings is 2. The van der Waals surface area contributed by atoms with E-state index in [4.69, 9.17) is 4.74 Å². The second-order valence-electron chi connectivity index (χ2n) is 8.05. The highest BCUT2D eigenvalue weighted by molar-refractivity contribution is 5.71. The van der Waals surface area contributed by atoms with Gasteiger partial charge in [0, 0.05) is 19.3 Å². The highest BCUT2D eigenvalue weighted by Crippen LogP contribution is 2.36. The van der Waals surface area contributed by atoms with Gasteiger partial charge in [-0.2, -0.15) is 26.3 Å². The second kappa shape index (κ2) is 10.1. The number of hydrogen-bond acceptors (Lipinski definition) is 3. The quantitative estimate of drug-likeness (QED) is 0.335. The molecule has 0 amide bonds. The molecule has 3 rings (SSSR count). The molecule has 0 saturated heterocycles. The first-order valence-electron chi connectivity index (χ1n) is 10.5. The first kappa shape index (κ1) is 25.6. The number of ether oxygens (including phenoxy) is 1. The Hall–Kier alpha value is -3.04. The monoisotopic (exact) mass is 489 g/mol. The van der Waals surface area contributed by atoms with Crippen LogP contribution in [0.2, 0.25) is 0 Å². The smallest absolute Gasteiger partial charge is 0.419 e. The molecule has 2 aromatic rings. The molecule has 1 heterocycles. The molecule has 0 aliphatic carbocycles. The zero-order chi connectivity index (χ0) is 25.1. The van der Waals surface area contributed by atoms with Gasteiger partial charge in [-0.25, -0.2) is 4.39 Å². The van der Waals surface area contributed by atoms with E-state index in [0.29, 0.717) is 30.2 Å². The Bertz CT molecular complexity index is 1040.